The number of sulfonamides is 1. The molecule has 0 aliphatic heterocycles. The van der Waals surface area contributed by atoms with Crippen LogP contribution in [0, 0.1) is 20.8 Å². The van der Waals surface area contributed by atoms with Gasteiger partial charge in [-0.2, -0.15) is 0 Å². The van der Waals surface area contributed by atoms with Crippen LogP contribution in [0.2, 0.25) is 0 Å². The zero-order valence-corrected chi connectivity index (χ0v) is 22.4. The number of aryl methyl sites for hydroxylation is 3. The van der Waals surface area contributed by atoms with E-state index in [2.05, 4.69) is 9.97 Å². The SMILES string of the molecule is Cc1ccc(S(=O)(=O)NC(=O)OCCc2ccc(-n3c(S(C)(=O)=O)nc4c(C)cc(C)nc43)cc2)cc1. The van der Waals surface area contributed by atoms with Gasteiger partial charge in [-0.25, -0.2) is 36.3 Å². The van der Waals surface area contributed by atoms with Crippen LogP contribution in [0.4, 0.5) is 4.79 Å². The van der Waals surface area contributed by atoms with E-state index in [0.29, 0.717) is 23.3 Å². The predicted octanol–water partition coefficient (Wildman–Crippen LogP) is 3.41. The molecule has 0 saturated carbocycles. The lowest BCUT2D eigenvalue weighted by molar-refractivity contribution is 0.154. The van der Waals surface area contributed by atoms with Crippen LogP contribution >= 0.6 is 0 Å². The number of aromatic nitrogens is 3. The van der Waals surface area contributed by atoms with Crippen molar-refractivity contribution >= 4 is 37.1 Å². The summed E-state index contributed by atoms with van der Waals surface area (Å²) in [7, 11) is -7.68. The fourth-order valence-electron chi connectivity index (χ4n) is 3.81. The Morgan fingerprint density at radius 3 is 2.22 bits per heavy atom. The molecule has 194 valence electrons. The van der Waals surface area contributed by atoms with Crippen LogP contribution in [0.1, 0.15) is 22.4 Å². The van der Waals surface area contributed by atoms with Crippen molar-refractivity contribution in [1.29, 1.82) is 0 Å². The number of sulfone groups is 1. The molecule has 0 bridgehead atoms. The lowest BCUT2D eigenvalue weighted by atomic mass is 10.1. The van der Waals surface area contributed by atoms with Crippen molar-refractivity contribution in [2.24, 2.45) is 0 Å². The summed E-state index contributed by atoms with van der Waals surface area (Å²) in [4.78, 5) is 20.8. The van der Waals surface area contributed by atoms with E-state index >= 15 is 0 Å². The molecule has 0 radical (unpaired) electrons. The number of carbonyl (C=O) groups excluding carboxylic acids is 1. The van der Waals surface area contributed by atoms with E-state index in [-0.39, 0.29) is 16.7 Å². The van der Waals surface area contributed by atoms with Crippen LogP contribution in [0.3, 0.4) is 0 Å². The van der Waals surface area contributed by atoms with E-state index in [1.165, 1.54) is 16.7 Å². The summed E-state index contributed by atoms with van der Waals surface area (Å²) in [5.41, 5.74) is 4.76. The molecule has 0 unspecified atom stereocenters. The van der Waals surface area contributed by atoms with Crippen molar-refractivity contribution in [3.63, 3.8) is 0 Å². The molecule has 0 atom stereocenters. The van der Waals surface area contributed by atoms with Crippen LogP contribution in [0.15, 0.2) is 64.6 Å². The second-order valence-corrected chi connectivity index (χ2v) is 12.3. The molecule has 0 saturated heterocycles. The molecule has 0 spiro atoms. The minimum Gasteiger partial charge on any atom is -0.448 e. The van der Waals surface area contributed by atoms with Gasteiger partial charge in [-0.15, -0.1) is 0 Å². The topological polar surface area (TPSA) is 137 Å². The Bertz CT molecular complexity index is 1690. The maximum absolute atomic E-state index is 12.5. The third-order valence-electron chi connectivity index (χ3n) is 5.60. The van der Waals surface area contributed by atoms with E-state index in [4.69, 9.17) is 4.74 Å². The van der Waals surface area contributed by atoms with Crippen LogP contribution in [0.25, 0.3) is 16.9 Å². The van der Waals surface area contributed by atoms with Crippen molar-refractivity contribution in [1.82, 2.24) is 19.3 Å². The summed E-state index contributed by atoms with van der Waals surface area (Å²) in [6.07, 6.45) is 0.345. The maximum Gasteiger partial charge on any atom is 0.421 e. The number of rotatable bonds is 7. The second kappa shape index (κ2) is 9.94. The maximum atomic E-state index is 12.5. The molecule has 4 rings (SSSR count). The minimum atomic E-state index is -4.03. The van der Waals surface area contributed by atoms with E-state index in [1.807, 2.05) is 31.6 Å². The summed E-state index contributed by atoms with van der Waals surface area (Å²) in [5.74, 6) is 0. The van der Waals surface area contributed by atoms with Gasteiger partial charge in [0, 0.05) is 24.1 Å². The Hall–Kier alpha value is -3.77. The Labute approximate surface area is 215 Å². The number of pyridine rings is 1. The highest BCUT2D eigenvalue weighted by Gasteiger charge is 2.23. The lowest BCUT2D eigenvalue weighted by Crippen LogP contribution is -2.31. The molecule has 0 fully saturated rings. The number of fused-ring (bicyclic) bond motifs is 1. The third kappa shape index (κ3) is 5.81. The zero-order valence-electron chi connectivity index (χ0n) is 20.7. The third-order valence-corrected chi connectivity index (χ3v) is 7.87. The number of imidazole rings is 1. The molecular weight excluding hydrogens is 516 g/mol. The molecular formula is C25H26N4O6S2. The molecule has 0 aliphatic rings. The zero-order chi connectivity index (χ0) is 27.0. The van der Waals surface area contributed by atoms with Gasteiger partial charge in [0.25, 0.3) is 10.0 Å². The average Bonchev–Trinajstić information content (AvgIpc) is 3.20. The van der Waals surface area contributed by atoms with Gasteiger partial charge >= 0.3 is 6.09 Å². The number of hydrogen-bond donors (Lipinski definition) is 1. The Kier molecular flexibility index (Phi) is 7.07. The average molecular weight is 543 g/mol. The Morgan fingerprint density at radius 1 is 0.946 bits per heavy atom. The number of amides is 1. The van der Waals surface area contributed by atoms with E-state index in [0.717, 1.165) is 28.6 Å². The van der Waals surface area contributed by atoms with Gasteiger partial charge in [-0.05, 0) is 62.2 Å². The van der Waals surface area contributed by atoms with Crippen molar-refractivity contribution < 1.29 is 26.4 Å². The van der Waals surface area contributed by atoms with E-state index < -0.39 is 26.0 Å². The van der Waals surface area contributed by atoms with Gasteiger partial charge in [-0.3, -0.25) is 4.57 Å². The number of carbonyl (C=O) groups is 1. The van der Waals surface area contributed by atoms with Gasteiger partial charge in [0.05, 0.1) is 11.5 Å². The lowest BCUT2D eigenvalue weighted by Gasteiger charge is -2.10. The van der Waals surface area contributed by atoms with Gasteiger partial charge in [0.15, 0.2) is 5.65 Å². The first-order valence-corrected chi connectivity index (χ1v) is 14.6. The van der Waals surface area contributed by atoms with Crippen LogP contribution in [0.5, 0.6) is 0 Å². The van der Waals surface area contributed by atoms with Gasteiger partial charge in [0.1, 0.15) is 5.52 Å². The highest BCUT2D eigenvalue weighted by molar-refractivity contribution is 7.90. The molecule has 37 heavy (non-hydrogen) atoms. The summed E-state index contributed by atoms with van der Waals surface area (Å²) in [6.45, 7) is 5.45. The summed E-state index contributed by atoms with van der Waals surface area (Å²) in [6, 6.07) is 14.9. The smallest absolute Gasteiger partial charge is 0.421 e. The molecule has 10 nitrogen and oxygen atoms in total. The molecule has 2 heterocycles. The van der Waals surface area contributed by atoms with Gasteiger partial charge in [0.2, 0.25) is 15.0 Å². The quantitative estimate of drug-likeness (QED) is 0.375. The summed E-state index contributed by atoms with van der Waals surface area (Å²) in [5, 5.41) is -0.105. The second-order valence-electron chi connectivity index (χ2n) is 8.73. The number of nitrogens with one attached hydrogen (secondary N) is 1. The number of ether oxygens (including phenoxy) is 1. The van der Waals surface area contributed by atoms with Crippen LogP contribution in [-0.2, 0) is 31.0 Å². The first-order chi connectivity index (χ1) is 17.3. The standard InChI is InChI=1S/C25H26N4O6S2/c1-16-5-11-21(12-6-16)37(33,34)28-25(30)35-14-13-19-7-9-20(10-8-19)29-23-22(17(2)15-18(3)26-23)27-24(29)36(4,31)32/h5-12,15H,13-14H2,1-4H3,(H,28,30). The minimum absolute atomic E-state index is 0.0361. The molecule has 2 aromatic heterocycles. The summed E-state index contributed by atoms with van der Waals surface area (Å²) < 4.78 is 58.0. The van der Waals surface area contributed by atoms with Crippen LogP contribution < -0.4 is 4.72 Å². The van der Waals surface area contributed by atoms with Crippen molar-refractivity contribution in [3.8, 4) is 5.69 Å². The van der Waals surface area contributed by atoms with Crippen molar-refractivity contribution in [2.75, 3.05) is 12.9 Å². The largest absolute Gasteiger partial charge is 0.448 e. The van der Waals surface area contributed by atoms with Gasteiger partial charge < -0.3 is 4.74 Å². The van der Waals surface area contributed by atoms with E-state index in [9.17, 15) is 21.6 Å². The molecule has 0 aliphatic carbocycles. The Balaban J connectivity index is 1.47. The van der Waals surface area contributed by atoms with Gasteiger partial charge in [-0.1, -0.05) is 29.8 Å². The highest BCUT2D eigenvalue weighted by Crippen LogP contribution is 2.26. The number of hydrogen-bond acceptors (Lipinski definition) is 8. The molecule has 1 N–H and O–H groups in total. The van der Waals surface area contributed by atoms with E-state index in [1.54, 1.807) is 36.4 Å². The number of nitrogens with zero attached hydrogens (tertiary/aromatic N) is 3. The Morgan fingerprint density at radius 2 is 1.59 bits per heavy atom. The molecule has 12 heteroatoms. The normalized spacial score (nSPS) is 12.0. The highest BCUT2D eigenvalue weighted by atomic mass is 32.2. The fourth-order valence-corrected chi connectivity index (χ4v) is 5.48. The van der Waals surface area contributed by atoms with Crippen LogP contribution in [-0.4, -0.2) is 50.3 Å². The molecule has 2 aromatic carbocycles. The fraction of sp³-hybridized carbons (Fsp3) is 0.240. The molecule has 1 amide bonds. The predicted molar refractivity (Wildman–Crippen MR) is 138 cm³/mol. The van der Waals surface area contributed by atoms with Crippen molar-refractivity contribution in [3.05, 3.63) is 77.0 Å². The monoisotopic (exact) mass is 542 g/mol. The molecule has 4 aromatic rings. The summed E-state index contributed by atoms with van der Waals surface area (Å²) >= 11 is 0. The first-order valence-electron chi connectivity index (χ1n) is 11.3. The van der Waals surface area contributed by atoms with Crippen molar-refractivity contribution in [2.45, 2.75) is 37.2 Å². The first kappa shape index (κ1) is 26.3. The number of benzene rings is 2.